The third-order valence-corrected chi connectivity index (χ3v) is 4.03. The number of hydrogen-bond acceptors (Lipinski definition) is 1. The summed E-state index contributed by atoms with van der Waals surface area (Å²) in [6.45, 7) is 7.22. The molecule has 2 rings (SSSR count). The molecule has 0 saturated heterocycles. The van der Waals surface area contributed by atoms with Gasteiger partial charge in [-0.1, -0.05) is 45.2 Å². The Morgan fingerprint density at radius 3 is 2.26 bits per heavy atom. The third kappa shape index (κ3) is 3.52. The quantitative estimate of drug-likeness (QED) is 0.763. The summed E-state index contributed by atoms with van der Waals surface area (Å²) in [5.41, 5.74) is 6.24. The topological polar surface area (TPSA) is 12.0 Å². The summed E-state index contributed by atoms with van der Waals surface area (Å²) in [6.07, 6.45) is 0. The van der Waals surface area contributed by atoms with Crippen molar-refractivity contribution in [3.8, 4) is 0 Å². The number of anilines is 1. The molecular weight excluding hydrogens is 322 g/mol. The molecule has 0 amide bonds. The van der Waals surface area contributed by atoms with Crippen molar-refractivity contribution in [1.82, 2.24) is 0 Å². The van der Waals surface area contributed by atoms with Crippen LogP contribution < -0.4 is 5.32 Å². The van der Waals surface area contributed by atoms with Gasteiger partial charge in [0, 0.05) is 11.0 Å². The van der Waals surface area contributed by atoms with Crippen molar-refractivity contribution in [3.63, 3.8) is 0 Å². The van der Waals surface area contributed by atoms with Gasteiger partial charge in [0.05, 0.1) is 10.7 Å². The molecule has 0 aliphatic heterocycles. The summed E-state index contributed by atoms with van der Waals surface area (Å²) >= 11 is 9.62. The summed E-state index contributed by atoms with van der Waals surface area (Å²) in [5.74, 6) is 0. The largest absolute Gasteiger partial charge is 0.380 e. The third-order valence-electron chi connectivity index (χ3n) is 3.23. The molecule has 0 unspecified atom stereocenters. The molecule has 2 aromatic carbocycles. The molecule has 2 aromatic rings. The van der Waals surface area contributed by atoms with E-state index in [1.165, 1.54) is 22.3 Å². The molecule has 19 heavy (non-hydrogen) atoms. The first-order valence-corrected chi connectivity index (χ1v) is 7.40. The molecule has 0 heterocycles. The zero-order valence-electron chi connectivity index (χ0n) is 11.3. The minimum absolute atomic E-state index is 0.733. The zero-order chi connectivity index (χ0) is 14.0. The van der Waals surface area contributed by atoms with Crippen LogP contribution >= 0.6 is 27.5 Å². The molecule has 100 valence electrons. The first-order chi connectivity index (χ1) is 8.97. The van der Waals surface area contributed by atoms with Gasteiger partial charge >= 0.3 is 0 Å². The lowest BCUT2D eigenvalue weighted by Gasteiger charge is -2.14. The number of halogens is 2. The number of aryl methyl sites for hydroxylation is 3. The van der Waals surface area contributed by atoms with Crippen molar-refractivity contribution in [1.29, 1.82) is 0 Å². The van der Waals surface area contributed by atoms with Crippen LogP contribution in [0, 0.1) is 20.8 Å². The monoisotopic (exact) mass is 337 g/mol. The maximum Gasteiger partial charge on any atom is 0.0648 e. The molecule has 3 heteroatoms. The van der Waals surface area contributed by atoms with Crippen LogP contribution in [0.15, 0.2) is 34.8 Å². The highest BCUT2D eigenvalue weighted by atomic mass is 79.9. The second-order valence-corrected chi connectivity index (χ2v) is 6.18. The fourth-order valence-corrected chi connectivity index (χ4v) is 3.05. The first kappa shape index (κ1) is 14.4. The molecule has 0 atom stereocenters. The molecular formula is C16H17BrClN. The highest BCUT2D eigenvalue weighted by Crippen LogP contribution is 2.27. The molecule has 0 aliphatic rings. The van der Waals surface area contributed by atoms with Crippen LogP contribution in [0.2, 0.25) is 5.02 Å². The highest BCUT2D eigenvalue weighted by Gasteiger charge is 2.05. The molecule has 0 fully saturated rings. The maximum absolute atomic E-state index is 6.21. The van der Waals surface area contributed by atoms with E-state index in [9.17, 15) is 0 Å². The number of nitrogens with one attached hydrogen (secondary N) is 1. The molecule has 0 bridgehead atoms. The van der Waals surface area contributed by atoms with E-state index in [-0.39, 0.29) is 0 Å². The van der Waals surface area contributed by atoms with Crippen molar-refractivity contribution >= 4 is 33.2 Å². The van der Waals surface area contributed by atoms with Crippen LogP contribution in [0.4, 0.5) is 5.69 Å². The minimum atomic E-state index is 0.733. The van der Waals surface area contributed by atoms with Crippen LogP contribution in [0.3, 0.4) is 0 Å². The molecule has 0 saturated carbocycles. The Labute approximate surface area is 128 Å². The van der Waals surface area contributed by atoms with Gasteiger partial charge in [0.2, 0.25) is 0 Å². The van der Waals surface area contributed by atoms with Crippen molar-refractivity contribution in [2.24, 2.45) is 0 Å². The lowest BCUT2D eigenvalue weighted by atomic mass is 10.00. The van der Waals surface area contributed by atoms with E-state index in [2.05, 4.69) is 54.2 Å². The normalized spacial score (nSPS) is 10.6. The van der Waals surface area contributed by atoms with E-state index in [1.807, 2.05) is 18.2 Å². The highest BCUT2D eigenvalue weighted by molar-refractivity contribution is 9.10. The predicted octanol–water partition coefficient (Wildman–Crippen LogP) is 5.64. The van der Waals surface area contributed by atoms with Gasteiger partial charge in [0.25, 0.3) is 0 Å². The Morgan fingerprint density at radius 2 is 1.68 bits per heavy atom. The standard InChI is InChI=1S/C16H17BrClN/c1-10-6-11(2)14(12(3)7-10)9-19-16-5-4-13(17)8-15(16)18/h4-8,19H,9H2,1-3H3. The molecule has 0 aromatic heterocycles. The van der Waals surface area contributed by atoms with Crippen LogP contribution in [0.1, 0.15) is 22.3 Å². The summed E-state index contributed by atoms with van der Waals surface area (Å²) in [4.78, 5) is 0. The van der Waals surface area contributed by atoms with Gasteiger partial charge in [-0.05, 0) is 55.7 Å². The summed E-state index contributed by atoms with van der Waals surface area (Å²) in [5, 5.41) is 4.14. The number of rotatable bonds is 3. The Bertz CT molecular complexity index is 585. The zero-order valence-corrected chi connectivity index (χ0v) is 13.7. The summed E-state index contributed by atoms with van der Waals surface area (Å²) < 4.78 is 0.991. The number of hydrogen-bond donors (Lipinski definition) is 1. The lowest BCUT2D eigenvalue weighted by molar-refractivity contribution is 1.08. The van der Waals surface area contributed by atoms with Crippen molar-refractivity contribution in [2.75, 3.05) is 5.32 Å². The van der Waals surface area contributed by atoms with Crippen molar-refractivity contribution in [3.05, 3.63) is 62.1 Å². The van der Waals surface area contributed by atoms with Crippen molar-refractivity contribution in [2.45, 2.75) is 27.3 Å². The van der Waals surface area contributed by atoms with Crippen LogP contribution in [-0.4, -0.2) is 0 Å². The SMILES string of the molecule is Cc1cc(C)c(CNc2ccc(Br)cc2Cl)c(C)c1. The van der Waals surface area contributed by atoms with E-state index in [0.29, 0.717) is 0 Å². The van der Waals surface area contributed by atoms with Gasteiger partial charge in [0.1, 0.15) is 0 Å². The van der Waals surface area contributed by atoms with Gasteiger partial charge in [-0.25, -0.2) is 0 Å². The second kappa shape index (κ2) is 5.98. The Morgan fingerprint density at radius 1 is 1.05 bits per heavy atom. The van der Waals surface area contributed by atoms with Crippen LogP contribution in [-0.2, 0) is 6.54 Å². The van der Waals surface area contributed by atoms with E-state index in [0.717, 1.165) is 21.7 Å². The van der Waals surface area contributed by atoms with E-state index in [1.54, 1.807) is 0 Å². The Hall–Kier alpha value is -0.990. The smallest absolute Gasteiger partial charge is 0.0648 e. The van der Waals surface area contributed by atoms with Crippen LogP contribution in [0.25, 0.3) is 0 Å². The van der Waals surface area contributed by atoms with E-state index >= 15 is 0 Å². The van der Waals surface area contributed by atoms with Gasteiger partial charge in [-0.15, -0.1) is 0 Å². The van der Waals surface area contributed by atoms with Gasteiger partial charge < -0.3 is 5.32 Å². The van der Waals surface area contributed by atoms with Gasteiger partial charge in [-0.2, -0.15) is 0 Å². The maximum atomic E-state index is 6.21. The first-order valence-electron chi connectivity index (χ1n) is 6.23. The predicted molar refractivity (Wildman–Crippen MR) is 87.1 cm³/mol. The minimum Gasteiger partial charge on any atom is -0.380 e. The lowest BCUT2D eigenvalue weighted by Crippen LogP contribution is -2.04. The number of benzene rings is 2. The van der Waals surface area contributed by atoms with Crippen LogP contribution in [0.5, 0.6) is 0 Å². The Balaban J connectivity index is 2.19. The molecule has 0 aliphatic carbocycles. The fraction of sp³-hybridized carbons (Fsp3) is 0.250. The van der Waals surface area contributed by atoms with E-state index < -0.39 is 0 Å². The molecule has 0 spiro atoms. The molecule has 1 nitrogen and oxygen atoms in total. The fourth-order valence-electron chi connectivity index (χ4n) is 2.31. The average molecular weight is 339 g/mol. The second-order valence-electron chi connectivity index (χ2n) is 4.85. The van der Waals surface area contributed by atoms with Crippen molar-refractivity contribution < 1.29 is 0 Å². The molecule has 0 radical (unpaired) electrons. The average Bonchev–Trinajstić information content (AvgIpc) is 2.30. The van der Waals surface area contributed by atoms with E-state index in [4.69, 9.17) is 11.6 Å². The summed E-state index contributed by atoms with van der Waals surface area (Å²) in [6, 6.07) is 10.3. The summed E-state index contributed by atoms with van der Waals surface area (Å²) in [7, 11) is 0. The van der Waals surface area contributed by atoms with Gasteiger partial charge in [-0.3, -0.25) is 0 Å². The Kier molecular flexibility index (Phi) is 4.54. The van der Waals surface area contributed by atoms with Gasteiger partial charge in [0.15, 0.2) is 0 Å². The molecule has 1 N–H and O–H groups in total.